The highest BCUT2D eigenvalue weighted by Gasteiger charge is 2.30. The Morgan fingerprint density at radius 1 is 0.950 bits per heavy atom. The predicted octanol–water partition coefficient (Wildman–Crippen LogP) is 0.641. The Kier molecular flexibility index (Phi) is 14.1. The fourth-order valence-corrected chi connectivity index (χ4v) is 3.56. The van der Waals surface area contributed by atoms with Crippen molar-refractivity contribution in [2.24, 2.45) is 17.4 Å². The maximum atomic E-state index is 13.2. The number of carbonyl (C=O) groups is 5. The normalized spacial score (nSPS) is 13.5. The van der Waals surface area contributed by atoms with Gasteiger partial charge in [-0.15, -0.1) is 0 Å². The molecule has 0 saturated carbocycles. The van der Waals surface area contributed by atoms with Crippen molar-refractivity contribution in [3.05, 3.63) is 29.8 Å². The molecule has 1 aromatic rings. The van der Waals surface area contributed by atoms with Gasteiger partial charge in [0, 0.05) is 18.7 Å². The summed E-state index contributed by atoms with van der Waals surface area (Å²) in [5.41, 5.74) is 11.5. The molecule has 0 aliphatic rings. The maximum Gasteiger partial charge on any atom is 0.312 e. The number of hydrogen-bond donors (Lipinski definition) is 7. The fraction of sp³-hybridized carbons (Fsp3) is 0.593. The summed E-state index contributed by atoms with van der Waals surface area (Å²) < 4.78 is 5.23. The van der Waals surface area contributed by atoms with Crippen LogP contribution >= 0.6 is 0 Å². The van der Waals surface area contributed by atoms with Crippen LogP contribution in [0.5, 0.6) is 0 Å². The Balaban J connectivity index is 2.89. The molecule has 0 unspecified atom stereocenters. The summed E-state index contributed by atoms with van der Waals surface area (Å²) in [6.07, 6.45) is 0.463. The lowest BCUT2D eigenvalue weighted by Crippen LogP contribution is -2.57. The zero-order valence-corrected chi connectivity index (χ0v) is 23.9. The molecule has 0 fully saturated rings. The largest absolute Gasteiger partial charge is 0.460 e. The highest BCUT2D eigenvalue weighted by atomic mass is 16.6. The number of ether oxygens (including phenoxy) is 1. The number of aliphatic hydroxyl groups excluding tert-OH is 1. The molecule has 0 heterocycles. The number of primary amides is 1. The lowest BCUT2D eigenvalue weighted by atomic mass is 10.0. The van der Waals surface area contributed by atoms with Crippen LogP contribution in [0.4, 0.5) is 10.5 Å². The molecular weight excluding hydrogens is 520 g/mol. The Bertz CT molecular complexity index is 1010. The maximum absolute atomic E-state index is 13.2. The second-order valence-electron chi connectivity index (χ2n) is 10.8. The average Bonchev–Trinajstić information content (AvgIpc) is 2.86. The van der Waals surface area contributed by atoms with E-state index in [0.29, 0.717) is 17.7 Å². The molecular formula is C27H44N6O7. The lowest BCUT2D eigenvalue weighted by molar-refractivity contribution is -0.155. The molecule has 13 nitrogen and oxygen atoms in total. The quantitative estimate of drug-likeness (QED) is 0.118. The summed E-state index contributed by atoms with van der Waals surface area (Å²) in [6.45, 7) is 8.70. The van der Waals surface area contributed by atoms with Crippen LogP contribution in [-0.4, -0.2) is 65.1 Å². The Hall–Kier alpha value is -3.71. The molecule has 0 aliphatic carbocycles. The van der Waals surface area contributed by atoms with Gasteiger partial charge in [0.05, 0.1) is 12.6 Å². The van der Waals surface area contributed by atoms with Gasteiger partial charge in [-0.3, -0.25) is 19.2 Å². The van der Waals surface area contributed by atoms with Crippen molar-refractivity contribution in [2.75, 3.05) is 11.9 Å². The van der Waals surface area contributed by atoms with E-state index in [4.69, 9.17) is 16.2 Å². The van der Waals surface area contributed by atoms with Crippen LogP contribution in [0.2, 0.25) is 0 Å². The van der Waals surface area contributed by atoms with Gasteiger partial charge in [-0.25, -0.2) is 4.79 Å². The minimum atomic E-state index is -1.05. The molecule has 1 rings (SSSR count). The van der Waals surface area contributed by atoms with Gasteiger partial charge in [0.25, 0.3) is 0 Å². The minimum Gasteiger partial charge on any atom is -0.460 e. The molecule has 0 saturated heterocycles. The number of rotatable bonds is 15. The first-order chi connectivity index (χ1) is 18.6. The molecule has 0 bridgehead atoms. The predicted molar refractivity (Wildman–Crippen MR) is 150 cm³/mol. The number of aliphatic hydroxyl groups is 1. The van der Waals surface area contributed by atoms with Crippen LogP contribution < -0.4 is 32.7 Å². The number of carbonyl (C=O) groups excluding carboxylic acids is 5. The van der Waals surface area contributed by atoms with Crippen LogP contribution in [0, 0.1) is 5.92 Å². The van der Waals surface area contributed by atoms with Crippen molar-refractivity contribution in [3.8, 4) is 0 Å². The molecule has 0 radical (unpaired) electrons. The average molecular weight is 565 g/mol. The minimum absolute atomic E-state index is 0.0279. The van der Waals surface area contributed by atoms with Gasteiger partial charge in [-0.1, -0.05) is 26.0 Å². The Morgan fingerprint density at radius 2 is 1.57 bits per heavy atom. The van der Waals surface area contributed by atoms with E-state index in [0.717, 1.165) is 0 Å². The Labute approximate surface area is 235 Å². The molecule has 0 aromatic heterocycles. The van der Waals surface area contributed by atoms with E-state index in [1.54, 1.807) is 58.9 Å². The van der Waals surface area contributed by atoms with Crippen molar-refractivity contribution in [1.29, 1.82) is 0 Å². The molecule has 40 heavy (non-hydrogen) atoms. The van der Waals surface area contributed by atoms with E-state index in [2.05, 4.69) is 21.3 Å². The van der Waals surface area contributed by atoms with Gasteiger partial charge in [-0.2, -0.15) is 0 Å². The number of esters is 1. The first-order valence-electron chi connectivity index (χ1n) is 13.2. The van der Waals surface area contributed by atoms with Gasteiger partial charge in [0.2, 0.25) is 17.7 Å². The summed E-state index contributed by atoms with van der Waals surface area (Å²) in [4.78, 5) is 62.0. The number of nitrogens with two attached hydrogens (primary N) is 2. The van der Waals surface area contributed by atoms with E-state index in [1.807, 2.05) is 0 Å². The van der Waals surface area contributed by atoms with Crippen LogP contribution in [0.1, 0.15) is 65.9 Å². The van der Waals surface area contributed by atoms with E-state index < -0.39 is 53.4 Å². The molecule has 0 spiro atoms. The summed E-state index contributed by atoms with van der Waals surface area (Å²) in [6, 6.07) is 2.76. The topological polar surface area (TPSA) is 215 Å². The number of amides is 5. The van der Waals surface area contributed by atoms with Crippen LogP contribution in [-0.2, 0) is 30.5 Å². The summed E-state index contributed by atoms with van der Waals surface area (Å²) >= 11 is 0. The van der Waals surface area contributed by atoms with Crippen LogP contribution in [0.15, 0.2) is 24.3 Å². The number of benzene rings is 1. The number of hydrogen-bond acceptors (Lipinski definition) is 8. The third-order valence-electron chi connectivity index (χ3n) is 5.67. The van der Waals surface area contributed by atoms with Gasteiger partial charge in [0.15, 0.2) is 0 Å². The fourth-order valence-electron chi connectivity index (χ4n) is 3.56. The molecule has 13 heteroatoms. The SMILES string of the molecule is CC(C)[C@H](NC(=O)[C@@H](N)CCC(=O)OC(C)(C)C)C(=O)N[C@@H](CCCNC(N)=O)C(=O)Nc1ccc(CO)cc1. The van der Waals surface area contributed by atoms with E-state index in [9.17, 15) is 29.1 Å². The van der Waals surface area contributed by atoms with Gasteiger partial charge >= 0.3 is 12.0 Å². The third kappa shape index (κ3) is 13.4. The standard InChI is InChI=1S/C27H44N6O7/c1-16(2)22(33-23(36)19(28)12-13-21(35)40-27(3,4)5)25(38)32-20(7-6-14-30-26(29)39)24(37)31-18-10-8-17(15-34)9-11-18/h8-11,16,19-20,22,34H,6-7,12-15,28H2,1-5H3,(H,31,37)(H,32,38)(H,33,36)(H3,29,30,39)/t19-,20-,22-/m0/s1. The van der Waals surface area contributed by atoms with E-state index in [1.165, 1.54) is 0 Å². The summed E-state index contributed by atoms with van der Waals surface area (Å²) in [7, 11) is 0. The van der Waals surface area contributed by atoms with Crippen molar-refractivity contribution >= 4 is 35.4 Å². The molecule has 224 valence electrons. The molecule has 5 amide bonds. The van der Waals surface area contributed by atoms with E-state index >= 15 is 0 Å². The zero-order valence-electron chi connectivity index (χ0n) is 23.9. The monoisotopic (exact) mass is 564 g/mol. The lowest BCUT2D eigenvalue weighted by Gasteiger charge is -2.26. The highest BCUT2D eigenvalue weighted by Crippen LogP contribution is 2.13. The first kappa shape index (κ1) is 34.3. The second kappa shape index (κ2) is 16.4. The van der Waals surface area contributed by atoms with Gasteiger partial charge in [-0.05, 0) is 63.6 Å². The van der Waals surface area contributed by atoms with Crippen molar-refractivity contribution < 1.29 is 33.8 Å². The Morgan fingerprint density at radius 3 is 2.10 bits per heavy atom. The smallest absolute Gasteiger partial charge is 0.312 e. The number of urea groups is 1. The molecule has 1 aromatic carbocycles. The second-order valence-corrected chi connectivity index (χ2v) is 10.8. The number of anilines is 1. The first-order valence-corrected chi connectivity index (χ1v) is 13.2. The van der Waals surface area contributed by atoms with Gasteiger partial charge in [0.1, 0.15) is 17.7 Å². The summed E-state index contributed by atoms with van der Waals surface area (Å²) in [5.74, 6) is -2.56. The zero-order chi connectivity index (χ0) is 30.5. The van der Waals surface area contributed by atoms with Crippen molar-refractivity contribution in [3.63, 3.8) is 0 Å². The van der Waals surface area contributed by atoms with Crippen molar-refractivity contribution in [2.45, 2.75) is 90.6 Å². The molecule has 9 N–H and O–H groups in total. The van der Waals surface area contributed by atoms with Crippen LogP contribution in [0.25, 0.3) is 0 Å². The molecule has 3 atom stereocenters. The van der Waals surface area contributed by atoms with Crippen molar-refractivity contribution in [1.82, 2.24) is 16.0 Å². The molecule has 0 aliphatic heterocycles. The van der Waals surface area contributed by atoms with Crippen LogP contribution in [0.3, 0.4) is 0 Å². The highest BCUT2D eigenvalue weighted by molar-refractivity contribution is 5.98. The number of nitrogens with one attached hydrogen (secondary N) is 4. The van der Waals surface area contributed by atoms with Gasteiger partial charge < -0.3 is 42.6 Å². The van der Waals surface area contributed by atoms with E-state index in [-0.39, 0.29) is 38.3 Å². The third-order valence-corrected chi connectivity index (χ3v) is 5.67. The summed E-state index contributed by atoms with van der Waals surface area (Å²) in [5, 5.41) is 19.7.